The Morgan fingerprint density at radius 1 is 0.824 bits per heavy atom. The zero-order valence-electron chi connectivity index (χ0n) is 18.9. The maximum Gasteiger partial charge on any atom is 0.321 e. The van der Waals surface area contributed by atoms with Gasteiger partial charge in [-0.3, -0.25) is 9.59 Å². The van der Waals surface area contributed by atoms with Crippen molar-refractivity contribution in [3.8, 4) is 0 Å². The third kappa shape index (κ3) is 6.01. The Bertz CT molecular complexity index is 1130. The van der Waals surface area contributed by atoms with Gasteiger partial charge in [-0.1, -0.05) is 60.7 Å². The van der Waals surface area contributed by atoms with Crippen LogP contribution in [0.3, 0.4) is 0 Å². The average Bonchev–Trinajstić information content (AvgIpc) is 3.42. The number of nitrogens with zero attached hydrogens (tertiary/aromatic N) is 1. The van der Waals surface area contributed by atoms with Crippen molar-refractivity contribution in [1.82, 2.24) is 15.5 Å². The second-order valence-electron chi connectivity index (χ2n) is 8.23. The molecule has 3 N–H and O–H groups in total. The van der Waals surface area contributed by atoms with E-state index in [-0.39, 0.29) is 24.4 Å². The van der Waals surface area contributed by atoms with Crippen molar-refractivity contribution in [3.05, 3.63) is 102 Å². The molecule has 0 radical (unpaired) electrons. The number of likely N-dealkylation sites (tertiary alicyclic amines) is 1. The molecule has 174 valence electrons. The molecule has 0 saturated carbocycles. The molecule has 0 aliphatic carbocycles. The van der Waals surface area contributed by atoms with Gasteiger partial charge in [0.05, 0.1) is 0 Å². The zero-order valence-corrected chi connectivity index (χ0v) is 18.9. The number of hydrogen-bond donors (Lipinski definition) is 3. The molecule has 1 aliphatic heterocycles. The highest BCUT2D eigenvalue weighted by Gasteiger charge is 2.23. The summed E-state index contributed by atoms with van der Waals surface area (Å²) in [5, 5.41) is 8.68. The van der Waals surface area contributed by atoms with Gasteiger partial charge in [0.15, 0.2) is 0 Å². The highest BCUT2D eigenvalue weighted by atomic mass is 16.2. The number of carbonyl (C=O) groups excluding carboxylic acids is 3. The maximum atomic E-state index is 13.1. The van der Waals surface area contributed by atoms with Gasteiger partial charge < -0.3 is 20.9 Å². The molecular weight excluding hydrogens is 428 g/mol. The highest BCUT2D eigenvalue weighted by molar-refractivity contribution is 5.97. The van der Waals surface area contributed by atoms with E-state index < -0.39 is 6.04 Å². The van der Waals surface area contributed by atoms with Crippen LogP contribution >= 0.6 is 0 Å². The molecule has 4 amide bonds. The molecule has 0 spiro atoms. The fourth-order valence-electron chi connectivity index (χ4n) is 3.92. The number of anilines is 1. The normalized spacial score (nSPS) is 13.7. The van der Waals surface area contributed by atoms with E-state index >= 15 is 0 Å². The zero-order chi connectivity index (χ0) is 23.8. The number of hydrogen-bond acceptors (Lipinski definition) is 3. The fraction of sp³-hybridized carbons (Fsp3) is 0.222. The second-order valence-corrected chi connectivity index (χ2v) is 8.23. The number of benzene rings is 3. The van der Waals surface area contributed by atoms with Gasteiger partial charge >= 0.3 is 6.03 Å². The minimum Gasteiger partial charge on any atom is -0.350 e. The Hall–Kier alpha value is -4.13. The molecule has 34 heavy (non-hydrogen) atoms. The summed E-state index contributed by atoms with van der Waals surface area (Å²) in [6.07, 6.45) is 2.06. The van der Waals surface area contributed by atoms with Crippen molar-refractivity contribution < 1.29 is 14.4 Å². The lowest BCUT2D eigenvalue weighted by molar-refractivity contribution is -0.123. The van der Waals surface area contributed by atoms with Crippen molar-refractivity contribution in [2.45, 2.75) is 25.4 Å². The summed E-state index contributed by atoms with van der Waals surface area (Å²) in [6, 6.07) is 24.4. The van der Waals surface area contributed by atoms with Gasteiger partial charge in [0.2, 0.25) is 5.91 Å². The Morgan fingerprint density at radius 3 is 2.21 bits per heavy atom. The van der Waals surface area contributed by atoms with Crippen LogP contribution in [0.15, 0.2) is 84.9 Å². The molecule has 3 aromatic carbocycles. The molecule has 1 fully saturated rings. The quantitative estimate of drug-likeness (QED) is 0.500. The molecular formula is C27H28N4O3. The first-order valence-electron chi connectivity index (χ1n) is 11.4. The molecule has 7 heteroatoms. The van der Waals surface area contributed by atoms with Gasteiger partial charge in [-0.2, -0.15) is 0 Å². The number of nitrogens with one attached hydrogen (secondary N) is 3. The fourth-order valence-corrected chi connectivity index (χ4v) is 3.92. The summed E-state index contributed by atoms with van der Waals surface area (Å²) in [4.78, 5) is 40.0. The predicted octanol–water partition coefficient (Wildman–Crippen LogP) is 4.10. The molecule has 1 aliphatic rings. The third-order valence-electron chi connectivity index (χ3n) is 5.74. The van der Waals surface area contributed by atoms with Crippen LogP contribution in [0.4, 0.5) is 10.5 Å². The SMILES string of the molecule is O=C(NC(C(=O)NCc1cccc(NC(=O)N2CCCC2)c1)c1ccccc1)c1ccccc1. The lowest BCUT2D eigenvalue weighted by Crippen LogP contribution is -2.40. The molecule has 0 bridgehead atoms. The minimum absolute atomic E-state index is 0.105. The van der Waals surface area contributed by atoms with Crippen molar-refractivity contribution >= 4 is 23.5 Å². The molecule has 1 atom stereocenters. The van der Waals surface area contributed by atoms with E-state index in [0.717, 1.165) is 31.5 Å². The van der Waals surface area contributed by atoms with Crippen LogP contribution in [-0.2, 0) is 11.3 Å². The van der Waals surface area contributed by atoms with E-state index in [1.807, 2.05) is 60.7 Å². The first kappa shape index (κ1) is 23.0. The Kier molecular flexibility index (Phi) is 7.55. The summed E-state index contributed by atoms with van der Waals surface area (Å²) in [6.45, 7) is 1.81. The van der Waals surface area contributed by atoms with Crippen LogP contribution < -0.4 is 16.0 Å². The standard InChI is InChI=1S/C27H28N4O3/c32-25(22-13-5-2-6-14-22)30-24(21-11-3-1-4-12-21)26(33)28-19-20-10-9-15-23(18-20)29-27(34)31-16-7-8-17-31/h1-6,9-15,18,24H,7-8,16-17,19H2,(H,28,33)(H,29,34)(H,30,32). The van der Waals surface area contributed by atoms with Gasteiger partial charge in [0.1, 0.15) is 6.04 Å². The Morgan fingerprint density at radius 2 is 1.50 bits per heavy atom. The highest BCUT2D eigenvalue weighted by Crippen LogP contribution is 2.17. The van der Waals surface area contributed by atoms with Gasteiger partial charge in [-0.15, -0.1) is 0 Å². The van der Waals surface area contributed by atoms with Crippen molar-refractivity contribution in [2.75, 3.05) is 18.4 Å². The summed E-state index contributed by atoms with van der Waals surface area (Å²) in [7, 11) is 0. The van der Waals surface area contributed by atoms with Crippen LogP contribution in [0, 0.1) is 0 Å². The molecule has 7 nitrogen and oxygen atoms in total. The van der Waals surface area contributed by atoms with Crippen LogP contribution in [0.1, 0.15) is 40.4 Å². The molecule has 0 aromatic heterocycles. The summed E-state index contributed by atoms with van der Waals surface area (Å²) >= 11 is 0. The summed E-state index contributed by atoms with van der Waals surface area (Å²) in [5.74, 6) is -0.641. The van der Waals surface area contributed by atoms with Crippen molar-refractivity contribution in [3.63, 3.8) is 0 Å². The van der Waals surface area contributed by atoms with E-state index in [1.54, 1.807) is 29.2 Å². The Labute approximate surface area is 199 Å². The maximum absolute atomic E-state index is 13.1. The van der Waals surface area contributed by atoms with Crippen LogP contribution in [-0.4, -0.2) is 35.8 Å². The Balaban J connectivity index is 1.41. The topological polar surface area (TPSA) is 90.5 Å². The van der Waals surface area contributed by atoms with Gasteiger partial charge in [-0.25, -0.2) is 4.79 Å². The van der Waals surface area contributed by atoms with E-state index in [1.165, 1.54) is 0 Å². The van der Waals surface area contributed by atoms with E-state index in [0.29, 0.717) is 16.8 Å². The number of rotatable bonds is 7. The third-order valence-corrected chi connectivity index (χ3v) is 5.74. The summed E-state index contributed by atoms with van der Waals surface area (Å²) < 4.78 is 0. The molecule has 3 aromatic rings. The first-order valence-corrected chi connectivity index (χ1v) is 11.4. The van der Waals surface area contributed by atoms with Crippen LogP contribution in [0.2, 0.25) is 0 Å². The molecule has 1 saturated heterocycles. The lowest BCUT2D eigenvalue weighted by Gasteiger charge is -2.19. The van der Waals surface area contributed by atoms with Gasteiger partial charge in [-0.05, 0) is 48.2 Å². The smallest absolute Gasteiger partial charge is 0.321 e. The second kappa shape index (κ2) is 11.1. The number of carbonyl (C=O) groups is 3. The largest absolute Gasteiger partial charge is 0.350 e. The lowest BCUT2D eigenvalue weighted by atomic mass is 10.0. The first-order chi connectivity index (χ1) is 16.6. The monoisotopic (exact) mass is 456 g/mol. The predicted molar refractivity (Wildman–Crippen MR) is 131 cm³/mol. The summed E-state index contributed by atoms with van der Waals surface area (Å²) in [5.41, 5.74) is 2.70. The number of urea groups is 1. The molecule has 1 unspecified atom stereocenters. The van der Waals surface area contributed by atoms with Gasteiger partial charge in [0.25, 0.3) is 5.91 Å². The van der Waals surface area contributed by atoms with Crippen LogP contribution in [0.25, 0.3) is 0 Å². The van der Waals surface area contributed by atoms with E-state index in [2.05, 4.69) is 16.0 Å². The average molecular weight is 457 g/mol. The van der Waals surface area contributed by atoms with Crippen LogP contribution in [0.5, 0.6) is 0 Å². The van der Waals surface area contributed by atoms with Crippen molar-refractivity contribution in [1.29, 1.82) is 0 Å². The molecule has 1 heterocycles. The molecule has 4 rings (SSSR count). The minimum atomic E-state index is -0.841. The van der Waals surface area contributed by atoms with E-state index in [4.69, 9.17) is 0 Å². The number of amides is 4. The van der Waals surface area contributed by atoms with Crippen molar-refractivity contribution in [2.24, 2.45) is 0 Å². The van der Waals surface area contributed by atoms with Gasteiger partial charge in [0, 0.05) is 30.9 Å². The van der Waals surface area contributed by atoms with E-state index in [9.17, 15) is 14.4 Å².